The fourth-order valence-electron chi connectivity index (χ4n) is 1.72. The van der Waals surface area contributed by atoms with Gasteiger partial charge in [-0.25, -0.2) is 4.98 Å². The number of aromatic amines is 1. The van der Waals surface area contributed by atoms with Gasteiger partial charge in [0.15, 0.2) is 5.95 Å². The monoisotopic (exact) mass is 247 g/mol. The highest BCUT2D eigenvalue weighted by molar-refractivity contribution is 5.64. The Balaban J connectivity index is 2.10. The van der Waals surface area contributed by atoms with Gasteiger partial charge in [0, 0.05) is 18.4 Å². The summed E-state index contributed by atoms with van der Waals surface area (Å²) < 4.78 is 10.4. The van der Waals surface area contributed by atoms with E-state index in [1.807, 2.05) is 31.2 Å². The minimum atomic E-state index is 0.433. The van der Waals surface area contributed by atoms with Crippen LogP contribution in [0, 0.1) is 6.92 Å². The van der Waals surface area contributed by atoms with E-state index in [1.54, 1.807) is 7.11 Å². The standard InChI is InChI=1S/C13H17N3O2/c1-9-12(16-13(14)15-9)10-3-5-11(6-4-10)18-8-7-17-2/h3-6H,7-8H2,1-2H3,(H3,14,15,16). The van der Waals surface area contributed by atoms with Crippen molar-refractivity contribution in [2.24, 2.45) is 0 Å². The summed E-state index contributed by atoms with van der Waals surface area (Å²) in [5.41, 5.74) is 8.47. The number of ether oxygens (including phenoxy) is 2. The maximum atomic E-state index is 5.62. The van der Waals surface area contributed by atoms with Gasteiger partial charge in [-0.3, -0.25) is 0 Å². The molecule has 2 rings (SSSR count). The van der Waals surface area contributed by atoms with Gasteiger partial charge in [0.25, 0.3) is 0 Å². The third-order valence-corrected chi connectivity index (χ3v) is 2.59. The number of anilines is 1. The van der Waals surface area contributed by atoms with Crippen LogP contribution >= 0.6 is 0 Å². The van der Waals surface area contributed by atoms with Gasteiger partial charge in [0.1, 0.15) is 12.4 Å². The number of hydrogen-bond acceptors (Lipinski definition) is 4. The van der Waals surface area contributed by atoms with E-state index < -0.39 is 0 Å². The molecule has 0 unspecified atom stereocenters. The lowest BCUT2D eigenvalue weighted by atomic mass is 10.1. The van der Waals surface area contributed by atoms with Crippen molar-refractivity contribution in [3.8, 4) is 17.0 Å². The van der Waals surface area contributed by atoms with Crippen molar-refractivity contribution in [3.05, 3.63) is 30.0 Å². The molecule has 0 aliphatic carbocycles. The van der Waals surface area contributed by atoms with Gasteiger partial charge in [-0.1, -0.05) is 0 Å². The third kappa shape index (κ3) is 2.81. The van der Waals surface area contributed by atoms with Crippen LogP contribution in [0.25, 0.3) is 11.3 Å². The smallest absolute Gasteiger partial charge is 0.198 e. The van der Waals surface area contributed by atoms with Gasteiger partial charge < -0.3 is 20.2 Å². The number of methoxy groups -OCH3 is 1. The summed E-state index contributed by atoms with van der Waals surface area (Å²) >= 11 is 0. The molecule has 0 radical (unpaired) electrons. The molecule has 0 saturated carbocycles. The van der Waals surface area contributed by atoms with Crippen LogP contribution in [0.2, 0.25) is 0 Å². The van der Waals surface area contributed by atoms with Crippen LogP contribution in [-0.4, -0.2) is 30.3 Å². The van der Waals surface area contributed by atoms with E-state index in [1.165, 1.54) is 0 Å². The molecule has 3 N–H and O–H groups in total. The van der Waals surface area contributed by atoms with Crippen molar-refractivity contribution in [2.75, 3.05) is 26.1 Å². The van der Waals surface area contributed by atoms with Gasteiger partial charge >= 0.3 is 0 Å². The normalized spacial score (nSPS) is 10.6. The molecule has 2 aromatic rings. The van der Waals surface area contributed by atoms with Crippen molar-refractivity contribution < 1.29 is 9.47 Å². The Bertz CT molecular complexity index is 505. The summed E-state index contributed by atoms with van der Waals surface area (Å²) in [4.78, 5) is 7.23. The quantitative estimate of drug-likeness (QED) is 0.792. The first-order valence-electron chi connectivity index (χ1n) is 5.75. The Morgan fingerprint density at radius 3 is 2.50 bits per heavy atom. The minimum absolute atomic E-state index is 0.433. The first-order chi connectivity index (χ1) is 8.70. The SMILES string of the molecule is COCCOc1ccc(-c2nc(N)[nH]c2C)cc1. The van der Waals surface area contributed by atoms with Gasteiger partial charge in [-0.2, -0.15) is 0 Å². The number of nitrogens with zero attached hydrogens (tertiary/aromatic N) is 1. The number of hydrogen-bond donors (Lipinski definition) is 2. The summed E-state index contributed by atoms with van der Waals surface area (Å²) in [5, 5.41) is 0. The largest absolute Gasteiger partial charge is 0.491 e. The van der Waals surface area contributed by atoms with Crippen molar-refractivity contribution in [3.63, 3.8) is 0 Å². The zero-order valence-electron chi connectivity index (χ0n) is 10.6. The van der Waals surface area contributed by atoms with E-state index >= 15 is 0 Å². The molecule has 0 fully saturated rings. The number of nitrogens with one attached hydrogen (secondary N) is 1. The van der Waals surface area contributed by atoms with Gasteiger partial charge in [-0.05, 0) is 31.2 Å². The highest BCUT2D eigenvalue weighted by Crippen LogP contribution is 2.24. The van der Waals surface area contributed by atoms with Crippen LogP contribution in [0.1, 0.15) is 5.69 Å². The molecule has 0 aliphatic rings. The predicted octanol–water partition coefficient (Wildman–Crippen LogP) is 1.99. The first-order valence-corrected chi connectivity index (χ1v) is 5.75. The van der Waals surface area contributed by atoms with Gasteiger partial charge in [-0.15, -0.1) is 0 Å². The fourth-order valence-corrected chi connectivity index (χ4v) is 1.72. The van der Waals surface area contributed by atoms with E-state index in [9.17, 15) is 0 Å². The van der Waals surface area contributed by atoms with Crippen LogP contribution in [0.4, 0.5) is 5.95 Å². The molecule has 0 amide bonds. The molecule has 5 nitrogen and oxygen atoms in total. The van der Waals surface area contributed by atoms with Crippen molar-refractivity contribution in [2.45, 2.75) is 6.92 Å². The molecule has 0 saturated heterocycles. The Hall–Kier alpha value is -2.01. The van der Waals surface area contributed by atoms with Crippen molar-refractivity contribution in [1.82, 2.24) is 9.97 Å². The summed E-state index contributed by atoms with van der Waals surface area (Å²) in [6.07, 6.45) is 0. The summed E-state index contributed by atoms with van der Waals surface area (Å²) in [6.45, 7) is 3.07. The summed E-state index contributed by atoms with van der Waals surface area (Å²) in [5.74, 6) is 1.25. The molecule has 0 spiro atoms. The topological polar surface area (TPSA) is 73.2 Å². The Labute approximate surface area is 106 Å². The van der Waals surface area contributed by atoms with Crippen molar-refractivity contribution in [1.29, 1.82) is 0 Å². The molecule has 0 bridgehead atoms. The van der Waals surface area contributed by atoms with Crippen LogP contribution in [0.3, 0.4) is 0 Å². The molecule has 1 aromatic heterocycles. The van der Waals surface area contributed by atoms with E-state index in [-0.39, 0.29) is 0 Å². The lowest BCUT2D eigenvalue weighted by Crippen LogP contribution is -2.03. The minimum Gasteiger partial charge on any atom is -0.491 e. The van der Waals surface area contributed by atoms with Crippen LogP contribution < -0.4 is 10.5 Å². The molecule has 0 aliphatic heterocycles. The first kappa shape index (κ1) is 12.4. The molecule has 0 atom stereocenters. The lowest BCUT2D eigenvalue weighted by Gasteiger charge is -2.06. The Morgan fingerprint density at radius 1 is 1.22 bits per heavy atom. The maximum Gasteiger partial charge on any atom is 0.198 e. The van der Waals surface area contributed by atoms with Crippen LogP contribution in [0.5, 0.6) is 5.75 Å². The zero-order valence-corrected chi connectivity index (χ0v) is 10.6. The third-order valence-electron chi connectivity index (χ3n) is 2.59. The van der Waals surface area contributed by atoms with Crippen molar-refractivity contribution >= 4 is 5.95 Å². The molecule has 18 heavy (non-hydrogen) atoms. The average Bonchev–Trinajstić information content (AvgIpc) is 2.70. The maximum absolute atomic E-state index is 5.62. The molecule has 1 aromatic carbocycles. The van der Waals surface area contributed by atoms with E-state index in [4.69, 9.17) is 15.2 Å². The fraction of sp³-hybridized carbons (Fsp3) is 0.308. The molecule has 5 heteroatoms. The Morgan fingerprint density at radius 2 is 1.94 bits per heavy atom. The Kier molecular flexibility index (Phi) is 3.84. The number of aryl methyl sites for hydroxylation is 1. The number of nitrogen functional groups attached to an aromatic ring is 1. The lowest BCUT2D eigenvalue weighted by molar-refractivity contribution is 0.146. The highest BCUT2D eigenvalue weighted by Gasteiger charge is 2.07. The van der Waals surface area contributed by atoms with E-state index in [0.717, 1.165) is 22.7 Å². The highest BCUT2D eigenvalue weighted by atomic mass is 16.5. The second kappa shape index (κ2) is 5.55. The second-order valence-electron chi connectivity index (χ2n) is 3.96. The molecular weight excluding hydrogens is 230 g/mol. The van der Waals surface area contributed by atoms with Crippen LogP contribution in [0.15, 0.2) is 24.3 Å². The summed E-state index contributed by atoms with van der Waals surface area (Å²) in [7, 11) is 1.65. The second-order valence-corrected chi connectivity index (χ2v) is 3.96. The molecule has 1 heterocycles. The number of aromatic nitrogens is 2. The predicted molar refractivity (Wildman–Crippen MR) is 70.5 cm³/mol. The number of rotatable bonds is 5. The zero-order chi connectivity index (χ0) is 13.0. The van der Waals surface area contributed by atoms with Gasteiger partial charge in [0.2, 0.25) is 0 Å². The van der Waals surface area contributed by atoms with E-state index in [0.29, 0.717) is 19.2 Å². The van der Waals surface area contributed by atoms with Crippen LogP contribution in [-0.2, 0) is 4.74 Å². The van der Waals surface area contributed by atoms with E-state index in [2.05, 4.69) is 9.97 Å². The summed E-state index contributed by atoms with van der Waals surface area (Å²) in [6, 6.07) is 7.75. The van der Waals surface area contributed by atoms with Gasteiger partial charge in [0.05, 0.1) is 12.3 Å². The number of benzene rings is 1. The number of H-pyrrole nitrogens is 1. The average molecular weight is 247 g/mol. The number of nitrogens with two attached hydrogens (primary N) is 1. The molecular formula is C13H17N3O2. The molecule has 96 valence electrons. The number of imidazole rings is 1.